The number of piperidine rings is 1. The second kappa shape index (κ2) is 8.46. The molecule has 29 heavy (non-hydrogen) atoms. The molecule has 0 atom stereocenters. The standard InChI is InChI=1S/C21H25N5O3/c1-2-29-17(27)14-25-15-22-19-18(20(25)28)26(13-16-9-5-3-6-10-16)21(23-19)24-11-7-4-8-12-24/h3,5-6,9-10,15H,2,4,7-8,11-14H2,1H3. The number of benzene rings is 1. The van der Waals surface area contributed by atoms with Crippen LogP contribution in [0.5, 0.6) is 0 Å². The quantitative estimate of drug-likeness (QED) is 0.595. The molecule has 1 aliphatic rings. The normalized spacial score (nSPS) is 14.3. The molecule has 1 aliphatic heterocycles. The summed E-state index contributed by atoms with van der Waals surface area (Å²) in [5, 5.41) is 0. The summed E-state index contributed by atoms with van der Waals surface area (Å²) in [4.78, 5) is 36.4. The number of rotatable bonds is 6. The Balaban J connectivity index is 1.81. The van der Waals surface area contributed by atoms with Gasteiger partial charge in [-0.05, 0) is 31.7 Å². The molecule has 4 rings (SSSR count). The number of ether oxygens (including phenoxy) is 1. The van der Waals surface area contributed by atoms with Crippen LogP contribution in [0.2, 0.25) is 0 Å². The zero-order valence-electron chi connectivity index (χ0n) is 16.6. The first-order chi connectivity index (χ1) is 14.2. The fraction of sp³-hybridized carbons (Fsp3) is 0.429. The molecule has 1 aromatic carbocycles. The summed E-state index contributed by atoms with van der Waals surface area (Å²) in [7, 11) is 0. The average Bonchev–Trinajstić information content (AvgIpc) is 3.11. The number of hydrogen-bond donors (Lipinski definition) is 0. The molecule has 2 aromatic heterocycles. The molecule has 8 heteroatoms. The third-order valence-electron chi connectivity index (χ3n) is 5.14. The summed E-state index contributed by atoms with van der Waals surface area (Å²) >= 11 is 0. The van der Waals surface area contributed by atoms with E-state index < -0.39 is 5.97 Å². The number of fused-ring (bicyclic) bond motifs is 1. The zero-order valence-corrected chi connectivity index (χ0v) is 16.6. The van der Waals surface area contributed by atoms with Crippen molar-refractivity contribution < 1.29 is 9.53 Å². The minimum Gasteiger partial charge on any atom is -0.465 e. The second-order valence-corrected chi connectivity index (χ2v) is 7.19. The largest absolute Gasteiger partial charge is 0.465 e. The van der Waals surface area contributed by atoms with E-state index in [2.05, 4.69) is 9.88 Å². The van der Waals surface area contributed by atoms with Crippen molar-refractivity contribution in [3.8, 4) is 0 Å². The Bertz CT molecular complexity index is 1050. The molecule has 3 heterocycles. The fourth-order valence-corrected chi connectivity index (χ4v) is 3.75. The number of esters is 1. The minimum absolute atomic E-state index is 0.162. The van der Waals surface area contributed by atoms with E-state index in [1.807, 2.05) is 34.9 Å². The number of carbonyl (C=O) groups is 1. The molecule has 0 bridgehead atoms. The summed E-state index contributed by atoms with van der Waals surface area (Å²) in [5.74, 6) is 0.308. The molecular formula is C21H25N5O3. The molecule has 3 aromatic rings. The van der Waals surface area contributed by atoms with Crippen LogP contribution >= 0.6 is 0 Å². The van der Waals surface area contributed by atoms with Crippen molar-refractivity contribution >= 4 is 23.1 Å². The average molecular weight is 395 g/mol. The molecule has 0 radical (unpaired) electrons. The number of anilines is 1. The summed E-state index contributed by atoms with van der Waals surface area (Å²) in [6, 6.07) is 9.98. The lowest BCUT2D eigenvalue weighted by Crippen LogP contribution is -2.32. The van der Waals surface area contributed by atoms with Crippen LogP contribution in [-0.4, -0.2) is 44.8 Å². The van der Waals surface area contributed by atoms with Crippen LogP contribution in [-0.2, 0) is 22.6 Å². The van der Waals surface area contributed by atoms with Gasteiger partial charge in [0, 0.05) is 13.1 Å². The predicted molar refractivity (Wildman–Crippen MR) is 110 cm³/mol. The van der Waals surface area contributed by atoms with Crippen molar-refractivity contribution in [3.05, 3.63) is 52.6 Å². The molecule has 0 spiro atoms. The number of hydrogen-bond acceptors (Lipinski definition) is 6. The summed E-state index contributed by atoms with van der Waals surface area (Å²) < 4.78 is 8.21. The minimum atomic E-state index is -0.457. The molecule has 0 saturated carbocycles. The summed E-state index contributed by atoms with van der Waals surface area (Å²) in [5.41, 5.74) is 1.62. The van der Waals surface area contributed by atoms with E-state index in [1.165, 1.54) is 17.3 Å². The Labute approximate surface area is 168 Å². The van der Waals surface area contributed by atoms with Gasteiger partial charge in [-0.2, -0.15) is 4.98 Å². The summed E-state index contributed by atoms with van der Waals surface area (Å²) in [6.07, 6.45) is 4.80. The Morgan fingerprint density at radius 3 is 2.62 bits per heavy atom. The predicted octanol–water partition coefficient (Wildman–Crippen LogP) is 2.19. The van der Waals surface area contributed by atoms with Crippen molar-refractivity contribution in [1.82, 2.24) is 19.1 Å². The summed E-state index contributed by atoms with van der Waals surface area (Å²) in [6.45, 7) is 4.19. The first kappa shape index (κ1) is 19.2. The van der Waals surface area contributed by atoms with Crippen LogP contribution < -0.4 is 10.5 Å². The second-order valence-electron chi connectivity index (χ2n) is 7.19. The van der Waals surface area contributed by atoms with Crippen molar-refractivity contribution in [1.29, 1.82) is 0 Å². The third-order valence-corrected chi connectivity index (χ3v) is 5.14. The first-order valence-electron chi connectivity index (χ1n) is 10.1. The highest BCUT2D eigenvalue weighted by Gasteiger charge is 2.23. The highest BCUT2D eigenvalue weighted by molar-refractivity contribution is 5.75. The SMILES string of the molecule is CCOC(=O)Cn1cnc2nc(N3CCCCC3)n(Cc3ccccc3)c2c1=O. The Hall–Kier alpha value is -3.16. The number of carbonyl (C=O) groups excluding carboxylic acids is 1. The van der Waals surface area contributed by atoms with E-state index in [0.29, 0.717) is 17.7 Å². The van der Waals surface area contributed by atoms with Gasteiger partial charge in [-0.15, -0.1) is 0 Å². The highest BCUT2D eigenvalue weighted by Crippen LogP contribution is 2.24. The first-order valence-corrected chi connectivity index (χ1v) is 10.1. The lowest BCUT2D eigenvalue weighted by Gasteiger charge is -2.28. The maximum Gasteiger partial charge on any atom is 0.326 e. The smallest absolute Gasteiger partial charge is 0.326 e. The maximum atomic E-state index is 13.2. The van der Waals surface area contributed by atoms with Gasteiger partial charge in [0.25, 0.3) is 5.56 Å². The third kappa shape index (κ3) is 4.01. The maximum absolute atomic E-state index is 13.2. The van der Waals surface area contributed by atoms with Crippen LogP contribution in [0.4, 0.5) is 5.95 Å². The van der Waals surface area contributed by atoms with Gasteiger partial charge in [0.05, 0.1) is 13.2 Å². The van der Waals surface area contributed by atoms with Crippen LogP contribution in [0.3, 0.4) is 0 Å². The van der Waals surface area contributed by atoms with Gasteiger partial charge in [-0.25, -0.2) is 4.98 Å². The Kier molecular flexibility index (Phi) is 5.59. The van der Waals surface area contributed by atoms with Crippen LogP contribution in [0, 0.1) is 0 Å². The lowest BCUT2D eigenvalue weighted by atomic mass is 10.1. The lowest BCUT2D eigenvalue weighted by molar-refractivity contribution is -0.143. The molecule has 0 aliphatic carbocycles. The van der Waals surface area contributed by atoms with E-state index in [-0.39, 0.29) is 18.7 Å². The zero-order chi connectivity index (χ0) is 20.2. The van der Waals surface area contributed by atoms with E-state index in [4.69, 9.17) is 9.72 Å². The van der Waals surface area contributed by atoms with Gasteiger partial charge < -0.3 is 9.64 Å². The van der Waals surface area contributed by atoms with Crippen molar-refractivity contribution in [2.45, 2.75) is 39.3 Å². The van der Waals surface area contributed by atoms with Gasteiger partial charge in [-0.3, -0.25) is 18.7 Å². The van der Waals surface area contributed by atoms with E-state index in [9.17, 15) is 9.59 Å². The van der Waals surface area contributed by atoms with Crippen molar-refractivity contribution in [3.63, 3.8) is 0 Å². The van der Waals surface area contributed by atoms with Crippen molar-refractivity contribution in [2.75, 3.05) is 24.6 Å². The van der Waals surface area contributed by atoms with Gasteiger partial charge in [0.2, 0.25) is 5.95 Å². The van der Waals surface area contributed by atoms with Gasteiger partial charge in [0.1, 0.15) is 12.9 Å². The molecular weight excluding hydrogens is 370 g/mol. The molecule has 1 fully saturated rings. The van der Waals surface area contributed by atoms with Crippen LogP contribution in [0.25, 0.3) is 11.2 Å². The molecule has 152 valence electrons. The van der Waals surface area contributed by atoms with E-state index in [1.54, 1.807) is 6.92 Å². The molecule has 8 nitrogen and oxygen atoms in total. The number of imidazole rings is 1. The Morgan fingerprint density at radius 2 is 1.90 bits per heavy atom. The van der Waals surface area contributed by atoms with E-state index >= 15 is 0 Å². The van der Waals surface area contributed by atoms with Gasteiger partial charge in [-0.1, -0.05) is 30.3 Å². The molecule has 0 unspecified atom stereocenters. The van der Waals surface area contributed by atoms with Gasteiger partial charge >= 0.3 is 5.97 Å². The monoisotopic (exact) mass is 395 g/mol. The van der Waals surface area contributed by atoms with Crippen LogP contribution in [0.1, 0.15) is 31.7 Å². The molecule has 0 amide bonds. The van der Waals surface area contributed by atoms with Crippen molar-refractivity contribution in [2.24, 2.45) is 0 Å². The number of aromatic nitrogens is 4. The molecule has 1 saturated heterocycles. The van der Waals surface area contributed by atoms with Crippen LogP contribution in [0.15, 0.2) is 41.5 Å². The number of nitrogens with zero attached hydrogens (tertiary/aromatic N) is 5. The van der Waals surface area contributed by atoms with E-state index in [0.717, 1.165) is 37.4 Å². The Morgan fingerprint density at radius 1 is 1.14 bits per heavy atom. The topological polar surface area (TPSA) is 82.2 Å². The van der Waals surface area contributed by atoms with Gasteiger partial charge in [0.15, 0.2) is 11.2 Å². The molecule has 0 N–H and O–H groups in total. The fourth-order valence-electron chi connectivity index (χ4n) is 3.75. The highest BCUT2D eigenvalue weighted by atomic mass is 16.5.